The normalized spacial score (nSPS) is 11.6. The van der Waals surface area contributed by atoms with Gasteiger partial charge in [0, 0.05) is 11.3 Å². The van der Waals surface area contributed by atoms with Gasteiger partial charge in [-0.3, -0.25) is 14.2 Å². The van der Waals surface area contributed by atoms with Gasteiger partial charge in [0.05, 0.1) is 17.4 Å². The van der Waals surface area contributed by atoms with E-state index in [1.807, 2.05) is 49.4 Å². The molecule has 0 aliphatic rings. The Hall–Kier alpha value is -2.80. The number of rotatable bonds is 8. The quantitative estimate of drug-likeness (QED) is 0.564. The van der Waals surface area contributed by atoms with Crippen molar-refractivity contribution in [2.75, 3.05) is 6.61 Å². The van der Waals surface area contributed by atoms with Crippen molar-refractivity contribution in [2.24, 2.45) is 0 Å². The molecule has 0 aliphatic carbocycles. The smallest absolute Gasteiger partial charge is 0.319 e. The van der Waals surface area contributed by atoms with E-state index in [9.17, 15) is 14.7 Å². The molecule has 3 rings (SSSR count). The van der Waals surface area contributed by atoms with E-state index in [-0.39, 0.29) is 5.56 Å². The first-order chi connectivity index (χ1) is 13.8. The third-order valence-electron chi connectivity index (χ3n) is 4.55. The topological polar surface area (TPSA) is 81.4 Å². The number of hydrogen-bond acceptors (Lipinski definition) is 5. The summed E-state index contributed by atoms with van der Waals surface area (Å²) >= 11 is 1.28. The van der Waals surface area contributed by atoms with Crippen molar-refractivity contribution >= 4 is 28.6 Å². The highest BCUT2D eigenvalue weighted by Crippen LogP contribution is 2.33. The SMILES string of the molecule is CCc1nc2ccccc2c(=O)n1CCOc1ccc(SC(C)(C)C(=O)O)cc1. The van der Waals surface area contributed by atoms with E-state index in [1.54, 1.807) is 24.5 Å². The van der Waals surface area contributed by atoms with Gasteiger partial charge >= 0.3 is 5.97 Å². The first kappa shape index (κ1) is 20.9. The number of fused-ring (bicyclic) bond motifs is 1. The van der Waals surface area contributed by atoms with Crippen LogP contribution >= 0.6 is 11.8 Å². The summed E-state index contributed by atoms with van der Waals surface area (Å²) in [6, 6.07) is 14.6. The van der Waals surface area contributed by atoms with E-state index >= 15 is 0 Å². The molecule has 152 valence electrons. The molecule has 0 amide bonds. The lowest BCUT2D eigenvalue weighted by Crippen LogP contribution is -2.27. The summed E-state index contributed by atoms with van der Waals surface area (Å²) in [5, 5.41) is 9.84. The van der Waals surface area contributed by atoms with Gasteiger partial charge in [0.15, 0.2) is 0 Å². The fraction of sp³-hybridized carbons (Fsp3) is 0.318. The maximum atomic E-state index is 12.8. The molecule has 0 saturated heterocycles. The Bertz CT molecular complexity index is 1070. The molecule has 0 bridgehead atoms. The monoisotopic (exact) mass is 412 g/mol. The third kappa shape index (κ3) is 4.79. The van der Waals surface area contributed by atoms with Gasteiger partial charge in [-0.15, -0.1) is 11.8 Å². The lowest BCUT2D eigenvalue weighted by atomic mass is 10.2. The zero-order valence-corrected chi connectivity index (χ0v) is 17.5. The maximum absolute atomic E-state index is 12.8. The van der Waals surface area contributed by atoms with Crippen LogP contribution in [0.2, 0.25) is 0 Å². The lowest BCUT2D eigenvalue weighted by molar-refractivity contribution is -0.138. The molecule has 0 spiro atoms. The number of aryl methyl sites for hydroxylation is 1. The van der Waals surface area contributed by atoms with Gasteiger partial charge in [-0.1, -0.05) is 19.1 Å². The minimum atomic E-state index is -0.900. The molecule has 0 radical (unpaired) electrons. The van der Waals surface area contributed by atoms with E-state index < -0.39 is 10.7 Å². The van der Waals surface area contributed by atoms with Crippen LogP contribution in [0.15, 0.2) is 58.2 Å². The molecule has 1 N–H and O–H groups in total. The summed E-state index contributed by atoms with van der Waals surface area (Å²) in [5.41, 5.74) is 0.655. The zero-order valence-electron chi connectivity index (χ0n) is 16.7. The van der Waals surface area contributed by atoms with Crippen molar-refractivity contribution in [2.45, 2.75) is 43.4 Å². The molecule has 3 aromatic rings. The number of hydrogen-bond donors (Lipinski definition) is 1. The van der Waals surface area contributed by atoms with E-state index in [0.717, 1.165) is 10.7 Å². The van der Waals surface area contributed by atoms with Crippen LogP contribution in [-0.2, 0) is 17.8 Å². The number of carboxylic acids is 1. The Balaban J connectivity index is 1.68. The van der Waals surface area contributed by atoms with Crippen LogP contribution in [-0.4, -0.2) is 32.0 Å². The number of ether oxygens (including phenoxy) is 1. The Morgan fingerprint density at radius 3 is 2.52 bits per heavy atom. The maximum Gasteiger partial charge on any atom is 0.319 e. The van der Waals surface area contributed by atoms with Crippen molar-refractivity contribution in [1.82, 2.24) is 9.55 Å². The molecule has 0 saturated carbocycles. The Kier molecular flexibility index (Phi) is 6.27. The number of nitrogens with zero attached hydrogens (tertiary/aromatic N) is 2. The molecule has 0 fully saturated rings. The second-order valence-corrected chi connectivity index (χ2v) is 8.79. The van der Waals surface area contributed by atoms with Crippen LogP contribution in [0.5, 0.6) is 5.75 Å². The van der Waals surface area contributed by atoms with E-state index in [2.05, 4.69) is 4.98 Å². The summed E-state index contributed by atoms with van der Waals surface area (Å²) in [7, 11) is 0. The number of para-hydroxylation sites is 1. The number of carboxylic acid groups (broad SMARTS) is 1. The first-order valence-electron chi connectivity index (χ1n) is 9.45. The molecule has 2 aromatic carbocycles. The van der Waals surface area contributed by atoms with Gasteiger partial charge in [-0.2, -0.15) is 0 Å². The first-order valence-corrected chi connectivity index (χ1v) is 10.3. The fourth-order valence-electron chi connectivity index (χ4n) is 2.91. The third-order valence-corrected chi connectivity index (χ3v) is 5.75. The molecule has 0 unspecified atom stereocenters. The highest BCUT2D eigenvalue weighted by molar-refractivity contribution is 8.01. The van der Waals surface area contributed by atoms with Gasteiger partial charge < -0.3 is 9.84 Å². The highest BCUT2D eigenvalue weighted by atomic mass is 32.2. The van der Waals surface area contributed by atoms with Crippen LogP contribution in [0, 0.1) is 0 Å². The van der Waals surface area contributed by atoms with E-state index in [0.29, 0.717) is 36.2 Å². The molecule has 1 heterocycles. The molecule has 7 heteroatoms. The van der Waals surface area contributed by atoms with Gasteiger partial charge in [-0.05, 0) is 50.2 Å². The molecular weight excluding hydrogens is 388 g/mol. The molecule has 0 atom stereocenters. The number of carbonyl (C=O) groups is 1. The molecule has 0 aliphatic heterocycles. The Morgan fingerprint density at radius 2 is 1.86 bits per heavy atom. The average molecular weight is 413 g/mol. The van der Waals surface area contributed by atoms with Crippen molar-refractivity contribution in [3.05, 3.63) is 64.7 Å². The standard InChI is InChI=1S/C22H24N2O4S/c1-4-19-23-18-8-6-5-7-17(18)20(25)24(19)13-14-28-15-9-11-16(12-10-15)29-22(2,3)21(26)27/h5-12H,4,13-14H2,1-3H3,(H,26,27). The van der Waals surface area contributed by atoms with E-state index in [1.165, 1.54) is 11.8 Å². The highest BCUT2D eigenvalue weighted by Gasteiger charge is 2.28. The second-order valence-electron chi connectivity index (χ2n) is 7.09. The summed E-state index contributed by atoms with van der Waals surface area (Å²) in [5.74, 6) is 0.547. The fourth-order valence-corrected chi connectivity index (χ4v) is 3.86. The van der Waals surface area contributed by atoms with Crippen molar-refractivity contribution < 1.29 is 14.6 Å². The predicted molar refractivity (Wildman–Crippen MR) is 115 cm³/mol. The van der Waals surface area contributed by atoms with E-state index in [4.69, 9.17) is 4.74 Å². The van der Waals surface area contributed by atoms with Crippen molar-refractivity contribution in [3.63, 3.8) is 0 Å². The summed E-state index contributed by atoms with van der Waals surface area (Å²) in [6.07, 6.45) is 0.658. The second kappa shape index (κ2) is 8.69. The zero-order chi connectivity index (χ0) is 21.0. The summed E-state index contributed by atoms with van der Waals surface area (Å²) in [6.45, 7) is 6.06. The summed E-state index contributed by atoms with van der Waals surface area (Å²) < 4.78 is 6.56. The minimum absolute atomic E-state index is 0.0568. The Morgan fingerprint density at radius 1 is 1.17 bits per heavy atom. The van der Waals surface area contributed by atoms with Crippen LogP contribution in [0.3, 0.4) is 0 Å². The number of aliphatic carboxylic acids is 1. The molecule has 6 nitrogen and oxygen atoms in total. The molecule has 1 aromatic heterocycles. The van der Waals surface area contributed by atoms with Crippen molar-refractivity contribution in [1.29, 1.82) is 0 Å². The predicted octanol–water partition coefficient (Wildman–Crippen LogP) is 3.99. The van der Waals surface area contributed by atoms with Crippen LogP contribution in [0.4, 0.5) is 0 Å². The van der Waals surface area contributed by atoms with Gasteiger partial charge in [0.1, 0.15) is 22.9 Å². The van der Waals surface area contributed by atoms with Crippen LogP contribution < -0.4 is 10.3 Å². The summed E-state index contributed by atoms with van der Waals surface area (Å²) in [4.78, 5) is 29.5. The van der Waals surface area contributed by atoms with Gasteiger partial charge in [0.25, 0.3) is 5.56 Å². The van der Waals surface area contributed by atoms with Crippen molar-refractivity contribution in [3.8, 4) is 5.75 Å². The number of thioether (sulfide) groups is 1. The lowest BCUT2D eigenvalue weighted by Gasteiger charge is -2.18. The van der Waals surface area contributed by atoms with Crippen LogP contribution in [0.1, 0.15) is 26.6 Å². The average Bonchev–Trinajstić information content (AvgIpc) is 2.70. The van der Waals surface area contributed by atoms with Gasteiger partial charge in [-0.25, -0.2) is 4.98 Å². The number of aromatic nitrogens is 2. The molecular formula is C22H24N2O4S. The van der Waals surface area contributed by atoms with Gasteiger partial charge in [0.2, 0.25) is 0 Å². The minimum Gasteiger partial charge on any atom is -0.492 e. The molecule has 29 heavy (non-hydrogen) atoms. The Labute approximate surface area is 173 Å². The van der Waals surface area contributed by atoms with Crippen LogP contribution in [0.25, 0.3) is 10.9 Å². The largest absolute Gasteiger partial charge is 0.492 e. The number of benzene rings is 2.